The van der Waals surface area contributed by atoms with Crippen LogP contribution in [0.15, 0.2) is 53.6 Å². The highest BCUT2D eigenvalue weighted by Crippen LogP contribution is 2.13. The Balaban J connectivity index is 1.95. The van der Waals surface area contributed by atoms with Crippen molar-refractivity contribution in [1.82, 2.24) is 5.43 Å². The van der Waals surface area contributed by atoms with Crippen LogP contribution in [-0.2, 0) is 0 Å². The highest BCUT2D eigenvalue weighted by atomic mass is 16.2. The number of hydrazone groups is 1. The number of nitrogens with zero attached hydrogens (tertiary/aromatic N) is 1. The molecule has 7 heteroatoms. The van der Waals surface area contributed by atoms with E-state index in [2.05, 4.69) is 21.2 Å². The minimum atomic E-state index is -0.375. The number of hydrogen-bond donors (Lipinski definition) is 4. The van der Waals surface area contributed by atoms with E-state index in [9.17, 15) is 9.59 Å². The second-order valence-electron chi connectivity index (χ2n) is 5.72. The highest BCUT2D eigenvalue weighted by Gasteiger charge is 2.05. The van der Waals surface area contributed by atoms with Crippen molar-refractivity contribution in [3.05, 3.63) is 59.7 Å². The molecule has 0 aliphatic carbocycles. The summed E-state index contributed by atoms with van der Waals surface area (Å²) < 4.78 is 0. The maximum atomic E-state index is 12.1. The molecule has 0 fully saturated rings. The van der Waals surface area contributed by atoms with E-state index in [0.717, 1.165) is 11.3 Å². The van der Waals surface area contributed by atoms with Crippen LogP contribution in [0.4, 0.5) is 16.2 Å². The monoisotopic (exact) mass is 351 g/mol. The van der Waals surface area contributed by atoms with E-state index in [0.29, 0.717) is 16.9 Å². The van der Waals surface area contributed by atoms with Gasteiger partial charge in [-0.2, -0.15) is 5.10 Å². The van der Waals surface area contributed by atoms with Crippen molar-refractivity contribution in [2.75, 3.05) is 10.6 Å². The van der Waals surface area contributed by atoms with E-state index in [-0.39, 0.29) is 17.6 Å². The van der Waals surface area contributed by atoms with Crippen LogP contribution in [0, 0.1) is 5.41 Å². The predicted octanol–water partition coefficient (Wildman–Crippen LogP) is 3.84. The Labute approximate surface area is 152 Å². The summed E-state index contributed by atoms with van der Waals surface area (Å²) in [5, 5.41) is 16.8. The molecule has 0 aliphatic rings. The molecule has 7 nitrogen and oxygen atoms in total. The molecule has 0 heterocycles. The number of urea groups is 1. The number of ketones is 1. The first-order valence-corrected chi connectivity index (χ1v) is 8.00. The Bertz CT molecular complexity index is 839. The highest BCUT2D eigenvalue weighted by molar-refractivity contribution is 6.02. The number of Topliss-reactive ketones (excluding diaryl/α,β-unsaturated/α-hetero) is 1. The fourth-order valence-corrected chi connectivity index (χ4v) is 2.11. The third kappa shape index (κ3) is 5.55. The molecule has 0 saturated carbocycles. The first-order chi connectivity index (χ1) is 12.3. The van der Waals surface area contributed by atoms with Crippen LogP contribution in [0.3, 0.4) is 0 Å². The molecule has 0 aromatic heterocycles. The van der Waals surface area contributed by atoms with E-state index in [1.807, 2.05) is 19.1 Å². The normalized spacial score (nSPS) is 10.8. The molecule has 2 aromatic rings. The van der Waals surface area contributed by atoms with Crippen molar-refractivity contribution in [2.45, 2.75) is 20.8 Å². The summed E-state index contributed by atoms with van der Waals surface area (Å²) in [6.45, 7) is 4.93. The molecule has 134 valence electrons. The second-order valence-corrected chi connectivity index (χ2v) is 5.72. The summed E-state index contributed by atoms with van der Waals surface area (Å²) in [7, 11) is 0. The first kappa shape index (κ1) is 18.9. The van der Waals surface area contributed by atoms with Crippen molar-refractivity contribution < 1.29 is 9.59 Å². The van der Waals surface area contributed by atoms with Gasteiger partial charge in [0.1, 0.15) is 5.84 Å². The van der Waals surface area contributed by atoms with E-state index in [4.69, 9.17) is 5.41 Å². The maximum Gasteiger partial charge on any atom is 0.323 e. The molecule has 0 aliphatic heterocycles. The van der Waals surface area contributed by atoms with Gasteiger partial charge in [0.05, 0.1) is 5.71 Å². The summed E-state index contributed by atoms with van der Waals surface area (Å²) in [4.78, 5) is 23.3. The molecule has 0 bridgehead atoms. The van der Waals surface area contributed by atoms with Crippen LogP contribution in [-0.4, -0.2) is 23.4 Å². The molecule has 2 rings (SSSR count). The van der Waals surface area contributed by atoms with Crippen molar-refractivity contribution in [3.8, 4) is 0 Å². The zero-order chi connectivity index (χ0) is 19.1. The van der Waals surface area contributed by atoms with Crippen LogP contribution in [0.5, 0.6) is 0 Å². The zero-order valence-corrected chi connectivity index (χ0v) is 14.9. The standard InChI is InChI=1S/C19H21N5O2/c1-12(23-24-14(3)20)15-4-8-17(9-5-15)21-19(26)22-18-10-6-16(7-11-18)13(2)25/h4-11H,1-3H3,(H2,20,24)(H2,21,22,26)/b23-12+. The third-order valence-corrected chi connectivity index (χ3v) is 3.50. The summed E-state index contributed by atoms with van der Waals surface area (Å²) in [6, 6.07) is 13.5. The van der Waals surface area contributed by atoms with Gasteiger partial charge in [0.25, 0.3) is 0 Å². The molecular formula is C19H21N5O2. The number of rotatable bonds is 5. The number of hydrogen-bond acceptors (Lipinski definition) is 4. The molecule has 0 saturated heterocycles. The molecule has 2 aromatic carbocycles. The van der Waals surface area contributed by atoms with E-state index >= 15 is 0 Å². The largest absolute Gasteiger partial charge is 0.323 e. The van der Waals surface area contributed by atoms with Crippen LogP contribution >= 0.6 is 0 Å². The van der Waals surface area contributed by atoms with Crippen molar-refractivity contribution in [2.24, 2.45) is 5.10 Å². The predicted molar refractivity (Wildman–Crippen MR) is 104 cm³/mol. The quantitative estimate of drug-likeness (QED) is 0.284. The van der Waals surface area contributed by atoms with Gasteiger partial charge in [0.2, 0.25) is 0 Å². The van der Waals surface area contributed by atoms with Crippen LogP contribution in [0.2, 0.25) is 0 Å². The average Bonchev–Trinajstić information content (AvgIpc) is 2.60. The van der Waals surface area contributed by atoms with Crippen molar-refractivity contribution in [1.29, 1.82) is 5.41 Å². The van der Waals surface area contributed by atoms with Crippen LogP contribution in [0.1, 0.15) is 36.7 Å². The average molecular weight is 351 g/mol. The Morgan fingerprint density at radius 2 is 1.27 bits per heavy atom. The lowest BCUT2D eigenvalue weighted by molar-refractivity contribution is 0.101. The van der Waals surface area contributed by atoms with Gasteiger partial charge in [0.15, 0.2) is 5.78 Å². The Kier molecular flexibility index (Phi) is 6.21. The van der Waals surface area contributed by atoms with Crippen LogP contribution in [0.25, 0.3) is 0 Å². The second kappa shape index (κ2) is 8.57. The van der Waals surface area contributed by atoms with E-state index in [1.165, 1.54) is 6.92 Å². The molecule has 4 N–H and O–H groups in total. The Morgan fingerprint density at radius 1 is 0.808 bits per heavy atom. The van der Waals surface area contributed by atoms with Gasteiger partial charge in [0, 0.05) is 16.9 Å². The van der Waals surface area contributed by atoms with Crippen molar-refractivity contribution >= 4 is 34.7 Å². The summed E-state index contributed by atoms with van der Waals surface area (Å²) in [5.74, 6) is 0.238. The third-order valence-electron chi connectivity index (χ3n) is 3.50. The molecule has 26 heavy (non-hydrogen) atoms. The lowest BCUT2D eigenvalue weighted by Crippen LogP contribution is -2.19. The minimum absolute atomic E-state index is 0.0223. The number of amides is 2. The SMILES string of the molecule is CC(=N)N/N=C(\C)c1ccc(NC(=O)Nc2ccc(C(C)=O)cc2)cc1. The summed E-state index contributed by atoms with van der Waals surface area (Å²) >= 11 is 0. The minimum Gasteiger partial charge on any atom is -0.308 e. The van der Waals surface area contributed by atoms with Gasteiger partial charge in [-0.15, -0.1) is 0 Å². The van der Waals surface area contributed by atoms with Gasteiger partial charge in [-0.3, -0.25) is 15.6 Å². The summed E-state index contributed by atoms with van der Waals surface area (Å²) in [6.07, 6.45) is 0. The lowest BCUT2D eigenvalue weighted by Gasteiger charge is -2.09. The number of carbonyl (C=O) groups excluding carboxylic acids is 2. The Morgan fingerprint density at radius 3 is 1.69 bits per heavy atom. The fraction of sp³-hybridized carbons (Fsp3) is 0.158. The van der Waals surface area contributed by atoms with Crippen molar-refractivity contribution in [3.63, 3.8) is 0 Å². The molecule has 0 spiro atoms. The molecular weight excluding hydrogens is 330 g/mol. The number of amidine groups is 1. The number of carbonyl (C=O) groups is 2. The number of nitrogens with one attached hydrogen (secondary N) is 4. The summed E-state index contributed by atoms with van der Waals surface area (Å²) in [5.41, 5.74) is 6.04. The lowest BCUT2D eigenvalue weighted by atomic mass is 10.1. The van der Waals surface area contributed by atoms with Gasteiger partial charge >= 0.3 is 6.03 Å². The van der Waals surface area contributed by atoms with Gasteiger partial charge < -0.3 is 10.6 Å². The zero-order valence-electron chi connectivity index (χ0n) is 14.9. The smallest absolute Gasteiger partial charge is 0.308 e. The fourth-order valence-electron chi connectivity index (χ4n) is 2.11. The molecule has 0 atom stereocenters. The molecule has 0 radical (unpaired) electrons. The Hall–Kier alpha value is -3.48. The van der Waals surface area contributed by atoms with Gasteiger partial charge in [-0.1, -0.05) is 12.1 Å². The van der Waals surface area contributed by atoms with Crippen LogP contribution < -0.4 is 16.1 Å². The topological polar surface area (TPSA) is 106 Å². The van der Waals surface area contributed by atoms with Gasteiger partial charge in [-0.05, 0) is 62.7 Å². The van der Waals surface area contributed by atoms with E-state index < -0.39 is 0 Å². The number of benzene rings is 2. The van der Waals surface area contributed by atoms with Gasteiger partial charge in [-0.25, -0.2) is 4.79 Å². The number of anilines is 2. The maximum absolute atomic E-state index is 12.1. The van der Waals surface area contributed by atoms with E-state index in [1.54, 1.807) is 43.3 Å². The first-order valence-electron chi connectivity index (χ1n) is 8.00. The molecule has 2 amide bonds. The molecule has 0 unspecified atom stereocenters.